The van der Waals surface area contributed by atoms with Crippen LogP contribution >= 0.6 is 0 Å². The molecule has 0 aromatic heterocycles. The molecule has 1 fully saturated rings. The second-order valence-corrected chi connectivity index (χ2v) is 3.86. The van der Waals surface area contributed by atoms with Crippen molar-refractivity contribution in [3.63, 3.8) is 0 Å². The zero-order chi connectivity index (χ0) is 11.4. The van der Waals surface area contributed by atoms with E-state index in [9.17, 15) is 0 Å². The van der Waals surface area contributed by atoms with Crippen molar-refractivity contribution in [1.82, 2.24) is 0 Å². The monoisotopic (exact) mass is 223 g/mol. The summed E-state index contributed by atoms with van der Waals surface area (Å²) < 4.78 is 16.2. The average molecular weight is 223 g/mol. The highest BCUT2D eigenvalue weighted by Gasteiger charge is 2.20. The number of hydrogen-bond donors (Lipinski definition) is 1. The first-order valence-corrected chi connectivity index (χ1v) is 5.55. The minimum Gasteiger partial charge on any atom is -0.493 e. The first kappa shape index (κ1) is 11.1. The summed E-state index contributed by atoms with van der Waals surface area (Å²) in [5.74, 6) is 1.51. The van der Waals surface area contributed by atoms with Crippen molar-refractivity contribution in [2.24, 2.45) is 0 Å². The zero-order valence-corrected chi connectivity index (χ0v) is 9.44. The lowest BCUT2D eigenvalue weighted by Crippen LogP contribution is -2.38. The Morgan fingerprint density at radius 3 is 2.69 bits per heavy atom. The molecule has 2 N–H and O–H groups in total. The number of ether oxygens (including phenoxy) is 3. The molecular weight excluding hydrogens is 206 g/mol. The van der Waals surface area contributed by atoms with Gasteiger partial charge in [0.05, 0.1) is 19.8 Å². The van der Waals surface area contributed by atoms with E-state index in [0.29, 0.717) is 25.5 Å². The van der Waals surface area contributed by atoms with Crippen molar-refractivity contribution in [2.45, 2.75) is 19.4 Å². The molecule has 0 aliphatic carbocycles. The van der Waals surface area contributed by atoms with Crippen LogP contribution in [0, 0.1) is 0 Å². The van der Waals surface area contributed by atoms with Gasteiger partial charge in [-0.1, -0.05) is 6.92 Å². The fourth-order valence-corrected chi connectivity index (χ4v) is 1.44. The molecule has 0 bridgehead atoms. The van der Waals surface area contributed by atoms with E-state index in [1.807, 2.05) is 6.07 Å². The van der Waals surface area contributed by atoms with Crippen molar-refractivity contribution < 1.29 is 14.2 Å². The predicted molar refractivity (Wildman–Crippen MR) is 61.9 cm³/mol. The fraction of sp³-hybridized carbons (Fsp3) is 0.500. The lowest BCUT2D eigenvalue weighted by Gasteiger charge is -2.27. The Labute approximate surface area is 95.3 Å². The van der Waals surface area contributed by atoms with Crippen LogP contribution in [0.25, 0.3) is 0 Å². The van der Waals surface area contributed by atoms with Gasteiger partial charge in [0, 0.05) is 23.9 Å². The molecule has 0 atom stereocenters. The topological polar surface area (TPSA) is 53.7 Å². The van der Waals surface area contributed by atoms with Gasteiger partial charge in [0.25, 0.3) is 0 Å². The van der Waals surface area contributed by atoms with Crippen LogP contribution in [0.2, 0.25) is 0 Å². The molecule has 2 rings (SSSR count). The normalized spacial score (nSPS) is 15.6. The van der Waals surface area contributed by atoms with Gasteiger partial charge < -0.3 is 19.9 Å². The maximum Gasteiger partial charge on any atom is 0.145 e. The van der Waals surface area contributed by atoms with Gasteiger partial charge in [-0.15, -0.1) is 0 Å². The molecule has 1 aliphatic rings. The lowest BCUT2D eigenvalue weighted by molar-refractivity contribution is -0.0797. The number of anilines is 1. The summed E-state index contributed by atoms with van der Waals surface area (Å²) in [6.45, 7) is 4.06. The van der Waals surface area contributed by atoms with Gasteiger partial charge in [-0.2, -0.15) is 0 Å². The van der Waals surface area contributed by atoms with Gasteiger partial charge in [0.2, 0.25) is 0 Å². The first-order chi connectivity index (χ1) is 7.78. The predicted octanol–water partition coefficient (Wildman–Crippen LogP) is 1.84. The minimum atomic E-state index is 0.154. The highest BCUT2D eigenvalue weighted by atomic mass is 16.6. The van der Waals surface area contributed by atoms with E-state index in [0.717, 1.165) is 17.9 Å². The Hall–Kier alpha value is -1.42. The third-order valence-electron chi connectivity index (χ3n) is 2.29. The Morgan fingerprint density at radius 2 is 2.06 bits per heavy atom. The van der Waals surface area contributed by atoms with E-state index < -0.39 is 0 Å². The van der Waals surface area contributed by atoms with E-state index in [1.54, 1.807) is 12.1 Å². The van der Waals surface area contributed by atoms with Gasteiger partial charge in [0.1, 0.15) is 17.6 Å². The van der Waals surface area contributed by atoms with Crippen LogP contribution < -0.4 is 15.2 Å². The zero-order valence-electron chi connectivity index (χ0n) is 9.44. The number of nitrogens with two attached hydrogens (primary N) is 1. The summed E-state index contributed by atoms with van der Waals surface area (Å²) in [7, 11) is 0. The van der Waals surface area contributed by atoms with Gasteiger partial charge in [0.15, 0.2) is 0 Å². The largest absolute Gasteiger partial charge is 0.493 e. The van der Waals surface area contributed by atoms with Crippen molar-refractivity contribution >= 4 is 5.69 Å². The van der Waals surface area contributed by atoms with Gasteiger partial charge >= 0.3 is 0 Å². The molecule has 1 aliphatic heterocycles. The molecule has 0 amide bonds. The van der Waals surface area contributed by atoms with E-state index >= 15 is 0 Å². The summed E-state index contributed by atoms with van der Waals surface area (Å²) in [4.78, 5) is 0. The fourth-order valence-electron chi connectivity index (χ4n) is 1.44. The number of benzene rings is 1. The Morgan fingerprint density at radius 1 is 1.31 bits per heavy atom. The van der Waals surface area contributed by atoms with Crippen LogP contribution in [0.4, 0.5) is 5.69 Å². The lowest BCUT2D eigenvalue weighted by atomic mass is 10.2. The van der Waals surface area contributed by atoms with E-state index in [2.05, 4.69) is 6.92 Å². The molecule has 0 saturated carbocycles. The molecule has 4 heteroatoms. The Bertz CT molecular complexity index is 350. The second kappa shape index (κ2) is 5.07. The van der Waals surface area contributed by atoms with Crippen LogP contribution in [0.3, 0.4) is 0 Å². The van der Waals surface area contributed by atoms with E-state index in [-0.39, 0.29) is 6.10 Å². The molecule has 1 saturated heterocycles. The summed E-state index contributed by atoms with van der Waals surface area (Å²) in [6, 6.07) is 5.47. The van der Waals surface area contributed by atoms with Crippen LogP contribution in [0.5, 0.6) is 11.5 Å². The van der Waals surface area contributed by atoms with Crippen LogP contribution in [-0.2, 0) is 4.74 Å². The molecule has 88 valence electrons. The molecule has 1 aromatic carbocycles. The minimum absolute atomic E-state index is 0.154. The maximum absolute atomic E-state index is 5.78. The van der Waals surface area contributed by atoms with Gasteiger partial charge in [-0.3, -0.25) is 0 Å². The van der Waals surface area contributed by atoms with Gasteiger partial charge in [-0.05, 0) is 6.42 Å². The van der Waals surface area contributed by atoms with Crippen molar-refractivity contribution in [3.8, 4) is 11.5 Å². The number of nitrogen functional groups attached to an aromatic ring is 1. The summed E-state index contributed by atoms with van der Waals surface area (Å²) in [5.41, 5.74) is 6.43. The molecule has 0 unspecified atom stereocenters. The summed E-state index contributed by atoms with van der Waals surface area (Å²) in [5, 5.41) is 0. The smallest absolute Gasteiger partial charge is 0.145 e. The van der Waals surface area contributed by atoms with Gasteiger partial charge in [-0.25, -0.2) is 0 Å². The number of hydrogen-bond acceptors (Lipinski definition) is 4. The SMILES string of the molecule is CCCOc1cc(N)cc(OC2COC2)c1. The van der Waals surface area contributed by atoms with Crippen molar-refractivity contribution in [1.29, 1.82) is 0 Å². The second-order valence-electron chi connectivity index (χ2n) is 3.86. The van der Waals surface area contributed by atoms with Crippen LogP contribution in [0.1, 0.15) is 13.3 Å². The highest BCUT2D eigenvalue weighted by Crippen LogP contribution is 2.26. The molecule has 4 nitrogen and oxygen atoms in total. The highest BCUT2D eigenvalue weighted by molar-refractivity contribution is 5.50. The van der Waals surface area contributed by atoms with Crippen molar-refractivity contribution in [2.75, 3.05) is 25.6 Å². The molecule has 0 radical (unpaired) electrons. The number of rotatable bonds is 5. The first-order valence-electron chi connectivity index (χ1n) is 5.55. The van der Waals surface area contributed by atoms with E-state index in [1.165, 1.54) is 0 Å². The van der Waals surface area contributed by atoms with E-state index in [4.69, 9.17) is 19.9 Å². The maximum atomic E-state index is 5.78. The molecular formula is C12H17NO3. The van der Waals surface area contributed by atoms with Crippen LogP contribution in [-0.4, -0.2) is 25.9 Å². The third-order valence-corrected chi connectivity index (χ3v) is 2.29. The Balaban J connectivity index is 2.02. The van der Waals surface area contributed by atoms with Crippen LogP contribution in [0.15, 0.2) is 18.2 Å². The summed E-state index contributed by atoms with van der Waals surface area (Å²) in [6.07, 6.45) is 1.13. The third kappa shape index (κ3) is 2.79. The molecule has 0 spiro atoms. The molecule has 1 aromatic rings. The Kier molecular flexibility index (Phi) is 3.51. The average Bonchev–Trinajstić information content (AvgIpc) is 2.20. The standard InChI is InChI=1S/C12H17NO3/c1-2-3-15-10-4-9(13)5-11(6-10)16-12-7-14-8-12/h4-6,12H,2-3,7-8,13H2,1H3. The van der Waals surface area contributed by atoms with Crippen molar-refractivity contribution in [3.05, 3.63) is 18.2 Å². The molecule has 1 heterocycles. The summed E-state index contributed by atoms with van der Waals surface area (Å²) >= 11 is 0. The molecule has 16 heavy (non-hydrogen) atoms. The quantitative estimate of drug-likeness (QED) is 0.774.